The van der Waals surface area contributed by atoms with Crippen molar-refractivity contribution in [2.45, 2.75) is 25.3 Å². The molecule has 1 saturated heterocycles. The van der Waals surface area contributed by atoms with Crippen LogP contribution in [-0.2, 0) is 7.05 Å². The van der Waals surface area contributed by atoms with E-state index >= 15 is 0 Å². The van der Waals surface area contributed by atoms with Crippen LogP contribution in [0.2, 0.25) is 0 Å². The monoisotopic (exact) mass is 326 g/mol. The third-order valence-corrected chi connectivity index (χ3v) is 5.45. The van der Waals surface area contributed by atoms with E-state index in [0.717, 1.165) is 36.3 Å². The molecule has 0 saturated carbocycles. The smallest absolute Gasteiger partial charge is 0.257 e. The third-order valence-electron chi connectivity index (χ3n) is 4.31. The lowest BCUT2D eigenvalue weighted by Crippen LogP contribution is -2.38. The van der Waals surface area contributed by atoms with Crippen LogP contribution in [0.3, 0.4) is 0 Å². The molecule has 3 aromatic rings. The van der Waals surface area contributed by atoms with Gasteiger partial charge in [0.1, 0.15) is 5.01 Å². The zero-order chi connectivity index (χ0) is 15.8. The highest BCUT2D eigenvalue weighted by atomic mass is 32.1. The summed E-state index contributed by atoms with van der Waals surface area (Å²) >= 11 is 1.70. The molecule has 5 nitrogen and oxygen atoms in total. The number of fused-ring (bicyclic) bond motifs is 1. The Labute approximate surface area is 138 Å². The molecule has 6 heteroatoms. The van der Waals surface area contributed by atoms with Crippen molar-refractivity contribution in [2.24, 2.45) is 7.05 Å². The molecule has 1 aliphatic heterocycles. The number of aryl methyl sites for hydroxylation is 1. The minimum Gasteiger partial charge on any atom is -0.329 e. The number of carbonyl (C=O) groups is 1. The number of piperidine rings is 1. The van der Waals surface area contributed by atoms with Crippen molar-refractivity contribution < 1.29 is 4.79 Å². The van der Waals surface area contributed by atoms with Gasteiger partial charge < -0.3 is 4.90 Å². The maximum absolute atomic E-state index is 12.9. The number of thiazole rings is 1. The number of benzene rings is 1. The number of likely N-dealkylation sites (tertiary alicyclic amines) is 1. The number of aromatic nitrogens is 3. The van der Waals surface area contributed by atoms with Crippen LogP contribution in [0.5, 0.6) is 0 Å². The molecule has 0 spiro atoms. The van der Waals surface area contributed by atoms with Crippen molar-refractivity contribution in [3.8, 4) is 0 Å². The van der Waals surface area contributed by atoms with Crippen molar-refractivity contribution in [3.63, 3.8) is 0 Å². The molecule has 1 amide bonds. The summed E-state index contributed by atoms with van der Waals surface area (Å²) < 4.78 is 2.85. The maximum Gasteiger partial charge on any atom is 0.257 e. The topological polar surface area (TPSA) is 51.0 Å². The number of para-hydroxylation sites is 1. The minimum absolute atomic E-state index is 0.0575. The zero-order valence-electron chi connectivity index (χ0n) is 13.0. The van der Waals surface area contributed by atoms with Crippen LogP contribution in [-0.4, -0.2) is 32.1 Å². The molecule has 1 aromatic carbocycles. The van der Waals surface area contributed by atoms with Crippen molar-refractivity contribution in [1.29, 1.82) is 0 Å². The first-order valence-electron chi connectivity index (χ1n) is 7.87. The number of nitrogens with zero attached hydrogens (tertiary/aromatic N) is 4. The average molecular weight is 326 g/mol. The summed E-state index contributed by atoms with van der Waals surface area (Å²) in [6, 6.07) is 8.24. The second-order valence-corrected chi connectivity index (χ2v) is 6.99. The van der Waals surface area contributed by atoms with Crippen LogP contribution in [0.25, 0.3) is 10.2 Å². The molecule has 3 heterocycles. The summed E-state index contributed by atoms with van der Waals surface area (Å²) in [6.07, 6.45) is 6.59. The predicted octanol–water partition coefficient (Wildman–Crippen LogP) is 3.40. The predicted molar refractivity (Wildman–Crippen MR) is 90.5 cm³/mol. The first-order chi connectivity index (χ1) is 11.2. The molecule has 2 aromatic heterocycles. The van der Waals surface area contributed by atoms with Gasteiger partial charge in [-0.25, -0.2) is 4.98 Å². The number of carbonyl (C=O) groups excluding carboxylic acids is 1. The molecule has 118 valence electrons. The number of hydrogen-bond acceptors (Lipinski definition) is 4. The molecular weight excluding hydrogens is 308 g/mol. The van der Waals surface area contributed by atoms with E-state index in [1.807, 2.05) is 30.1 Å². The van der Waals surface area contributed by atoms with E-state index in [1.165, 1.54) is 4.70 Å². The highest BCUT2D eigenvalue weighted by molar-refractivity contribution is 7.18. The van der Waals surface area contributed by atoms with Gasteiger partial charge in [0.25, 0.3) is 5.91 Å². The van der Waals surface area contributed by atoms with Gasteiger partial charge in [-0.15, -0.1) is 11.3 Å². The van der Waals surface area contributed by atoms with Gasteiger partial charge in [0.05, 0.1) is 28.0 Å². The summed E-state index contributed by atoms with van der Waals surface area (Å²) in [7, 11) is 1.83. The fraction of sp³-hybridized carbons (Fsp3) is 0.353. The van der Waals surface area contributed by atoms with E-state index in [-0.39, 0.29) is 11.9 Å². The molecule has 4 rings (SSSR count). The molecule has 0 aliphatic carbocycles. The SMILES string of the molecule is Cn1cc(C(=O)N2CCCC[C@@H]2c2nc3ccccc3s2)cn1. The summed E-state index contributed by atoms with van der Waals surface area (Å²) in [6.45, 7) is 0.786. The Balaban J connectivity index is 1.68. The molecule has 0 bridgehead atoms. The van der Waals surface area contributed by atoms with E-state index in [2.05, 4.69) is 11.2 Å². The van der Waals surface area contributed by atoms with Gasteiger partial charge in [-0.05, 0) is 31.4 Å². The molecule has 0 N–H and O–H groups in total. The summed E-state index contributed by atoms with van der Waals surface area (Å²) in [5, 5.41) is 5.17. The average Bonchev–Trinajstić information content (AvgIpc) is 3.20. The van der Waals surface area contributed by atoms with Crippen molar-refractivity contribution in [3.05, 3.63) is 47.2 Å². The normalized spacial score (nSPS) is 18.5. The Morgan fingerprint density at radius 3 is 2.96 bits per heavy atom. The van der Waals surface area contributed by atoms with Crippen LogP contribution in [0, 0.1) is 0 Å². The van der Waals surface area contributed by atoms with Crippen LogP contribution < -0.4 is 0 Å². The zero-order valence-corrected chi connectivity index (χ0v) is 13.8. The van der Waals surface area contributed by atoms with E-state index in [1.54, 1.807) is 28.4 Å². The molecule has 0 radical (unpaired) electrons. The molecule has 1 fully saturated rings. The number of hydrogen-bond donors (Lipinski definition) is 0. The van der Waals surface area contributed by atoms with Crippen LogP contribution in [0.4, 0.5) is 0 Å². The van der Waals surface area contributed by atoms with E-state index in [4.69, 9.17) is 4.98 Å². The highest BCUT2D eigenvalue weighted by Gasteiger charge is 2.31. The van der Waals surface area contributed by atoms with Gasteiger partial charge in [-0.1, -0.05) is 12.1 Å². The van der Waals surface area contributed by atoms with Gasteiger partial charge >= 0.3 is 0 Å². The van der Waals surface area contributed by atoms with Gasteiger partial charge in [0.15, 0.2) is 0 Å². The molecule has 0 unspecified atom stereocenters. The van der Waals surface area contributed by atoms with Crippen LogP contribution >= 0.6 is 11.3 Å². The summed E-state index contributed by atoms with van der Waals surface area (Å²) in [4.78, 5) is 19.6. The Bertz CT molecular complexity index is 820. The summed E-state index contributed by atoms with van der Waals surface area (Å²) in [5.74, 6) is 0.0575. The standard InChI is InChI=1S/C17H18N4OS/c1-20-11-12(10-18-20)17(22)21-9-5-4-7-14(21)16-19-13-6-2-3-8-15(13)23-16/h2-3,6,8,10-11,14H,4-5,7,9H2,1H3/t14-/m1/s1. The molecule has 23 heavy (non-hydrogen) atoms. The number of rotatable bonds is 2. The largest absolute Gasteiger partial charge is 0.329 e. The van der Waals surface area contributed by atoms with E-state index in [0.29, 0.717) is 5.56 Å². The number of amides is 1. The molecule has 1 aliphatic rings. The van der Waals surface area contributed by atoms with Gasteiger partial charge in [-0.3, -0.25) is 9.48 Å². The second kappa shape index (κ2) is 5.77. The molecular formula is C17H18N4OS. The van der Waals surface area contributed by atoms with E-state index in [9.17, 15) is 4.79 Å². The van der Waals surface area contributed by atoms with E-state index < -0.39 is 0 Å². The quantitative estimate of drug-likeness (QED) is 0.725. The maximum atomic E-state index is 12.9. The minimum atomic E-state index is 0.0575. The first kappa shape index (κ1) is 14.4. The Hall–Kier alpha value is -2.21. The van der Waals surface area contributed by atoms with Crippen molar-refractivity contribution in [1.82, 2.24) is 19.7 Å². The Morgan fingerprint density at radius 1 is 1.30 bits per heavy atom. The fourth-order valence-electron chi connectivity index (χ4n) is 3.16. The lowest BCUT2D eigenvalue weighted by Gasteiger charge is -2.34. The fourth-order valence-corrected chi connectivity index (χ4v) is 4.28. The van der Waals surface area contributed by atoms with Crippen LogP contribution in [0.1, 0.15) is 40.7 Å². The van der Waals surface area contributed by atoms with Crippen LogP contribution in [0.15, 0.2) is 36.7 Å². The van der Waals surface area contributed by atoms with Crippen molar-refractivity contribution >= 4 is 27.5 Å². The van der Waals surface area contributed by atoms with Crippen molar-refractivity contribution in [2.75, 3.05) is 6.54 Å². The first-order valence-corrected chi connectivity index (χ1v) is 8.69. The Morgan fingerprint density at radius 2 is 2.17 bits per heavy atom. The second-order valence-electron chi connectivity index (χ2n) is 5.93. The summed E-state index contributed by atoms with van der Waals surface area (Å²) in [5.41, 5.74) is 1.67. The molecule has 1 atom stereocenters. The highest BCUT2D eigenvalue weighted by Crippen LogP contribution is 2.36. The Kier molecular flexibility index (Phi) is 3.61. The van der Waals surface area contributed by atoms with Gasteiger partial charge in [0, 0.05) is 19.8 Å². The van der Waals surface area contributed by atoms with Gasteiger partial charge in [0.2, 0.25) is 0 Å². The lowest BCUT2D eigenvalue weighted by molar-refractivity contribution is 0.0611. The third kappa shape index (κ3) is 2.63. The van der Waals surface area contributed by atoms with Gasteiger partial charge in [-0.2, -0.15) is 5.10 Å². The lowest BCUT2D eigenvalue weighted by atomic mass is 10.0.